The SMILES string of the molecule is COC(=O)CCC(=O)N1N=C(c2ccc(N3CCN(C(=O)OC(C)(C)C)CC3)cc2)CC1c1cn(-c2ccccc2)nc1-c1ccc(C)cc1.Cc1ccc(-c2nn(-c3ccccc3)cc2C2CC(c3ccc(N4CCN(C(=O)OC(C)(C)C)CC4)cc3)=NN2C(=O)CCC(=O)O)cc1.Cc1ccc(-c2nn(-c3ccccc3)cc2C2CC(c3ccc(N4CCNCC4)cc3)=NN2C(=O)CCC(=O)O)cc1. The highest BCUT2D eigenvalue weighted by molar-refractivity contribution is 6.06. The van der Waals surface area contributed by atoms with Crippen molar-refractivity contribution in [3.8, 4) is 50.8 Å². The van der Waals surface area contributed by atoms with Crippen molar-refractivity contribution < 1.29 is 62.8 Å². The Hall–Kier alpha value is -15.7. The Kier molecular flexibility index (Phi) is 30.7. The summed E-state index contributed by atoms with van der Waals surface area (Å²) in [5, 5.41) is 55.9. The van der Waals surface area contributed by atoms with Crippen molar-refractivity contribution in [3.63, 3.8) is 0 Å². The number of esters is 1. The summed E-state index contributed by atoms with van der Waals surface area (Å²) in [6.45, 7) is 26.2. The Labute approximate surface area is 820 Å². The first kappa shape index (κ1) is 98.4. The zero-order valence-corrected chi connectivity index (χ0v) is 81.3. The minimum absolute atomic E-state index is 0.0269. The van der Waals surface area contributed by atoms with Gasteiger partial charge in [0.15, 0.2) is 0 Å². The molecule has 9 heterocycles. The fourth-order valence-corrected chi connectivity index (χ4v) is 17.9. The van der Waals surface area contributed by atoms with E-state index in [9.17, 15) is 48.6 Å². The Morgan fingerprint density at radius 2 is 0.603 bits per heavy atom. The van der Waals surface area contributed by atoms with E-state index in [-0.39, 0.29) is 68.4 Å². The maximum Gasteiger partial charge on any atom is 0.410 e. The normalized spacial score (nSPS) is 16.5. The molecule has 18 rings (SSSR count). The highest BCUT2D eigenvalue weighted by Gasteiger charge is 2.41. The number of piperazine rings is 3. The number of hydrogen-bond acceptors (Lipinski definition) is 21. The van der Waals surface area contributed by atoms with Crippen LogP contribution in [0, 0.1) is 20.8 Å². The molecule has 31 nitrogen and oxygen atoms in total. The maximum absolute atomic E-state index is 13.7. The quantitative estimate of drug-likeness (QED) is 0.0374. The average molecular weight is 1900 g/mol. The number of amides is 5. The smallest absolute Gasteiger partial charge is 0.410 e. The van der Waals surface area contributed by atoms with E-state index in [4.69, 9.17) is 44.8 Å². The van der Waals surface area contributed by atoms with E-state index in [1.54, 1.807) is 9.80 Å². The second kappa shape index (κ2) is 44.0. The number of anilines is 3. The van der Waals surface area contributed by atoms with Crippen LogP contribution in [0.25, 0.3) is 50.8 Å². The lowest BCUT2D eigenvalue weighted by atomic mass is 9.96. The molecule has 728 valence electrons. The van der Waals surface area contributed by atoms with Gasteiger partial charge in [-0.15, -0.1) is 0 Å². The van der Waals surface area contributed by atoms with E-state index < -0.39 is 47.2 Å². The van der Waals surface area contributed by atoms with Gasteiger partial charge in [-0.1, -0.05) is 180 Å². The molecule has 3 atom stereocenters. The molecule has 0 aliphatic carbocycles. The van der Waals surface area contributed by atoms with Gasteiger partial charge in [0, 0.05) is 186 Å². The van der Waals surface area contributed by atoms with Crippen LogP contribution in [0.2, 0.25) is 0 Å². The van der Waals surface area contributed by atoms with E-state index >= 15 is 0 Å². The molecule has 12 aromatic rings. The summed E-state index contributed by atoms with van der Waals surface area (Å²) in [7, 11) is 1.32. The molecule has 3 unspecified atom stereocenters. The summed E-state index contributed by atoms with van der Waals surface area (Å²) in [6, 6.07) is 77.3. The highest BCUT2D eigenvalue weighted by atomic mass is 16.6. The molecule has 0 spiro atoms. The van der Waals surface area contributed by atoms with Crippen LogP contribution >= 0.6 is 0 Å². The van der Waals surface area contributed by atoms with E-state index in [1.807, 2.05) is 283 Å². The van der Waals surface area contributed by atoms with Crippen LogP contribution < -0.4 is 20.0 Å². The number of para-hydroxylation sites is 3. The van der Waals surface area contributed by atoms with Crippen molar-refractivity contribution in [1.82, 2.24) is 59.5 Å². The number of rotatable bonds is 24. The summed E-state index contributed by atoms with van der Waals surface area (Å²) >= 11 is 0. The number of hydrogen-bond donors (Lipinski definition) is 3. The molecular formula is C110H120N18O13. The second-order valence-corrected chi connectivity index (χ2v) is 37.9. The fourth-order valence-electron chi connectivity index (χ4n) is 17.9. The Balaban J connectivity index is 0.000000153. The third-order valence-electron chi connectivity index (χ3n) is 25.4. The molecule has 6 aliphatic rings. The number of carboxylic acid groups (broad SMARTS) is 2. The number of carbonyl (C=O) groups excluding carboxylic acids is 6. The molecule has 31 heteroatoms. The highest BCUT2D eigenvalue weighted by Crippen LogP contribution is 2.44. The Morgan fingerprint density at radius 1 is 0.333 bits per heavy atom. The van der Waals surface area contributed by atoms with E-state index in [0.717, 1.165) is 161 Å². The third-order valence-corrected chi connectivity index (χ3v) is 25.4. The maximum atomic E-state index is 13.7. The number of nitrogens with zero attached hydrogens (tertiary/aromatic N) is 17. The molecule has 5 amide bonds. The number of nitrogens with one attached hydrogen (secondary N) is 1. The lowest BCUT2D eigenvalue weighted by Crippen LogP contribution is -2.50. The minimum Gasteiger partial charge on any atom is -0.481 e. The lowest BCUT2D eigenvalue weighted by Gasteiger charge is -2.36. The number of aromatic nitrogens is 6. The van der Waals surface area contributed by atoms with Gasteiger partial charge >= 0.3 is 30.1 Å². The van der Waals surface area contributed by atoms with Gasteiger partial charge in [0.1, 0.15) is 11.2 Å². The van der Waals surface area contributed by atoms with Crippen LogP contribution in [0.1, 0.15) is 168 Å². The van der Waals surface area contributed by atoms with Crippen molar-refractivity contribution in [2.24, 2.45) is 15.3 Å². The van der Waals surface area contributed by atoms with Crippen LogP contribution in [0.5, 0.6) is 0 Å². The number of carbonyl (C=O) groups is 8. The van der Waals surface area contributed by atoms with E-state index in [0.29, 0.717) is 71.6 Å². The van der Waals surface area contributed by atoms with Crippen molar-refractivity contribution in [3.05, 3.63) is 305 Å². The van der Waals surface area contributed by atoms with Crippen LogP contribution in [-0.4, -0.2) is 226 Å². The summed E-state index contributed by atoms with van der Waals surface area (Å²) in [4.78, 5) is 111. The number of ether oxygens (including phenoxy) is 3. The number of carboxylic acids is 2. The lowest BCUT2D eigenvalue weighted by molar-refractivity contribution is -0.144. The largest absolute Gasteiger partial charge is 0.481 e. The predicted octanol–water partition coefficient (Wildman–Crippen LogP) is 17.8. The minimum atomic E-state index is -1.03. The van der Waals surface area contributed by atoms with E-state index in [1.165, 1.54) is 22.1 Å². The molecular weight excluding hydrogens is 1780 g/mol. The van der Waals surface area contributed by atoms with Crippen molar-refractivity contribution in [2.45, 2.75) is 149 Å². The van der Waals surface area contributed by atoms with Crippen LogP contribution in [-0.2, 0) is 43.0 Å². The number of hydrazone groups is 3. The number of aryl methyl sites for hydroxylation is 3. The molecule has 3 fully saturated rings. The Bertz CT molecular complexity index is 6530. The first-order valence-corrected chi connectivity index (χ1v) is 48.0. The van der Waals surface area contributed by atoms with Crippen LogP contribution in [0.4, 0.5) is 26.7 Å². The fraction of sp³-hybridized carbons (Fsp3) is 0.327. The van der Waals surface area contributed by atoms with Gasteiger partial charge in [0.2, 0.25) is 17.7 Å². The van der Waals surface area contributed by atoms with Crippen LogP contribution in [0.15, 0.2) is 270 Å². The summed E-state index contributed by atoms with van der Waals surface area (Å²) in [6.07, 6.45) is 5.84. The van der Waals surface area contributed by atoms with Crippen molar-refractivity contribution >= 4 is 82.0 Å². The number of methoxy groups -OCH3 is 1. The predicted molar refractivity (Wildman–Crippen MR) is 543 cm³/mol. The molecule has 141 heavy (non-hydrogen) atoms. The molecule has 0 radical (unpaired) electrons. The Morgan fingerprint density at radius 3 is 0.872 bits per heavy atom. The first-order valence-electron chi connectivity index (χ1n) is 48.0. The zero-order valence-electron chi connectivity index (χ0n) is 81.3. The van der Waals surface area contributed by atoms with Gasteiger partial charge in [0.05, 0.1) is 95.8 Å². The van der Waals surface area contributed by atoms with Gasteiger partial charge < -0.3 is 54.2 Å². The number of benzene rings is 9. The second-order valence-electron chi connectivity index (χ2n) is 37.9. The van der Waals surface area contributed by atoms with Gasteiger partial charge in [-0.25, -0.2) is 38.7 Å². The zero-order chi connectivity index (χ0) is 99.2. The van der Waals surface area contributed by atoms with Crippen LogP contribution in [0.3, 0.4) is 0 Å². The topological polar surface area (TPSA) is 333 Å². The standard InChI is InChI=1S/C39H44N6O5.C38H42N6O5.C33H34N6O3/c1-27-11-13-29(14-12-27)37-32(26-44(41-37)31-9-7-6-8-10-31)34-25-33(40-45(34)35(46)19-20-36(47)49-5)28-15-17-30(18-16-28)42-21-23-43(24-22-42)38(48)50-39(2,3)4;1-26-10-12-28(13-11-26)36-31(25-43(40-36)30-8-6-5-7-9-30)33-24-32(39-44(33)34(45)18-19-35(46)47)27-14-16-29(17-15-27)41-20-22-42(23-21-41)37(48)49-38(2,3)4;1-23-7-9-25(10-8-23)33-28(22-38(36-33)27-5-3-2-4-6-27)30-21-29(35-39(30)31(40)15-16-32(41)42)24-11-13-26(14-12-24)37-19-17-34-18-20-37/h6-18,26,34H,19-25H2,1-5H3;5-17,25,33H,18-24H2,1-4H3,(H,46,47);2-14,22,30,34H,15-21H2,1H3,(H,41,42). The summed E-state index contributed by atoms with van der Waals surface area (Å²) in [5.41, 5.74) is 20.9. The van der Waals surface area contributed by atoms with Crippen molar-refractivity contribution in [1.29, 1.82) is 0 Å². The molecule has 3 saturated heterocycles. The molecule has 3 N–H and O–H groups in total. The van der Waals surface area contributed by atoms with Gasteiger partial charge in [-0.2, -0.15) is 30.6 Å². The molecule has 6 aliphatic heterocycles. The third kappa shape index (κ3) is 24.5. The monoisotopic (exact) mass is 1900 g/mol. The van der Waals surface area contributed by atoms with Crippen molar-refractivity contribution in [2.75, 3.05) is 100 Å². The van der Waals surface area contributed by atoms with Gasteiger partial charge in [-0.3, -0.25) is 28.8 Å². The van der Waals surface area contributed by atoms with Gasteiger partial charge in [-0.05, 0) is 152 Å². The van der Waals surface area contributed by atoms with Gasteiger partial charge in [0.25, 0.3) is 0 Å². The van der Waals surface area contributed by atoms with E-state index in [2.05, 4.69) is 68.5 Å². The molecule has 9 aromatic carbocycles. The summed E-state index contributed by atoms with van der Waals surface area (Å²) < 4.78 is 21.4. The number of aliphatic carboxylic acids is 2. The molecule has 0 saturated carbocycles. The summed E-state index contributed by atoms with van der Waals surface area (Å²) in [5.74, 6) is -3.44. The molecule has 3 aromatic heterocycles. The first-order chi connectivity index (χ1) is 67.9. The molecule has 0 bridgehead atoms. The average Bonchev–Trinajstić information content (AvgIpc) is 1.62.